The molecular weight excluding hydrogens is 644 g/mol. The molecule has 0 spiro atoms. The van der Waals surface area contributed by atoms with Gasteiger partial charge in [-0.05, 0) is 73.9 Å². The number of benzene rings is 1. The summed E-state index contributed by atoms with van der Waals surface area (Å²) in [4.78, 5) is 30.4. The molecule has 12 heteroatoms. The molecular formula is C27H40ClFIN3O6. The average Bonchev–Trinajstić information content (AvgIpc) is 2.75. The fourth-order valence-electron chi connectivity index (χ4n) is 3.22. The number of carbonyl (C=O) groups is 2. The van der Waals surface area contributed by atoms with Gasteiger partial charge in [0.15, 0.2) is 0 Å². The topological polar surface area (TPSA) is 113 Å². The van der Waals surface area contributed by atoms with Crippen molar-refractivity contribution in [3.8, 4) is 5.75 Å². The zero-order valence-electron chi connectivity index (χ0n) is 23.9. The minimum atomic E-state index is -0.884. The molecule has 2 amide bonds. The highest BCUT2D eigenvalue weighted by Crippen LogP contribution is 2.38. The van der Waals surface area contributed by atoms with Crippen LogP contribution >= 0.6 is 34.2 Å². The Bertz CT molecular complexity index is 1030. The van der Waals surface area contributed by atoms with E-state index < -0.39 is 40.9 Å². The summed E-state index contributed by atoms with van der Waals surface area (Å²) >= 11 is 8.57. The van der Waals surface area contributed by atoms with Gasteiger partial charge in [-0.3, -0.25) is 0 Å². The van der Waals surface area contributed by atoms with E-state index >= 15 is 0 Å². The molecule has 1 rings (SSSR count). The van der Waals surface area contributed by atoms with Crippen molar-refractivity contribution in [3.63, 3.8) is 0 Å². The summed E-state index contributed by atoms with van der Waals surface area (Å²) in [5.41, 5.74) is 3.30. The summed E-state index contributed by atoms with van der Waals surface area (Å²) < 4.78 is 38.1. The van der Waals surface area contributed by atoms with Crippen LogP contribution in [-0.4, -0.2) is 57.7 Å². The lowest BCUT2D eigenvalue weighted by atomic mass is 10.0. The molecule has 0 bridgehead atoms. The third kappa shape index (κ3) is 12.3. The number of imide groups is 1. The number of halogens is 3. The highest BCUT2D eigenvalue weighted by atomic mass is 127. The van der Waals surface area contributed by atoms with E-state index in [-0.39, 0.29) is 35.3 Å². The Balaban J connectivity index is 3.23. The SMILES string of the molecule is C=C(N)N=CC(C)(CCI)OC(C)c1c(OCCN(C(=O)OC(C)(C)C)C(=O)OC(C)(C)C)ccc(F)c1Cl. The summed E-state index contributed by atoms with van der Waals surface area (Å²) in [6.45, 7) is 16.8. The van der Waals surface area contributed by atoms with Crippen LogP contribution in [0.15, 0.2) is 29.5 Å². The zero-order valence-corrected chi connectivity index (χ0v) is 26.8. The van der Waals surface area contributed by atoms with E-state index in [1.54, 1.807) is 54.7 Å². The Labute approximate surface area is 249 Å². The molecule has 0 aromatic heterocycles. The Morgan fingerprint density at radius 2 is 1.69 bits per heavy atom. The quantitative estimate of drug-likeness (QED) is 0.149. The van der Waals surface area contributed by atoms with Gasteiger partial charge in [0, 0.05) is 16.2 Å². The molecule has 0 aliphatic heterocycles. The van der Waals surface area contributed by atoms with E-state index in [4.69, 9.17) is 36.3 Å². The first kappa shape index (κ1) is 34.9. The highest BCUT2D eigenvalue weighted by Gasteiger charge is 2.32. The van der Waals surface area contributed by atoms with Gasteiger partial charge < -0.3 is 24.7 Å². The summed E-state index contributed by atoms with van der Waals surface area (Å²) in [6.07, 6.45) is -0.369. The van der Waals surface area contributed by atoms with Crippen molar-refractivity contribution in [2.45, 2.75) is 84.7 Å². The van der Waals surface area contributed by atoms with Gasteiger partial charge in [0.05, 0.1) is 17.7 Å². The van der Waals surface area contributed by atoms with E-state index in [1.807, 2.05) is 6.92 Å². The Morgan fingerprint density at radius 1 is 1.15 bits per heavy atom. The van der Waals surface area contributed by atoms with Crippen LogP contribution < -0.4 is 10.5 Å². The van der Waals surface area contributed by atoms with Crippen LogP contribution in [0.25, 0.3) is 0 Å². The number of amides is 2. The molecule has 2 N–H and O–H groups in total. The average molecular weight is 684 g/mol. The monoisotopic (exact) mass is 683 g/mol. The van der Waals surface area contributed by atoms with E-state index in [9.17, 15) is 14.0 Å². The molecule has 2 unspecified atom stereocenters. The van der Waals surface area contributed by atoms with Crippen molar-refractivity contribution >= 4 is 52.6 Å². The molecule has 0 aliphatic carbocycles. The van der Waals surface area contributed by atoms with Gasteiger partial charge in [-0.1, -0.05) is 40.8 Å². The normalized spacial score (nSPS) is 14.4. The van der Waals surface area contributed by atoms with Gasteiger partial charge in [-0.25, -0.2) is 23.9 Å². The Hall–Kier alpha value is -2.12. The number of alkyl halides is 1. The first-order chi connectivity index (χ1) is 17.8. The Kier molecular flexibility index (Phi) is 13.0. The predicted molar refractivity (Wildman–Crippen MR) is 159 cm³/mol. The maximum atomic E-state index is 14.5. The fourth-order valence-corrected chi connectivity index (χ4v) is 4.60. The largest absolute Gasteiger partial charge is 0.491 e. The number of carbonyl (C=O) groups excluding carboxylic acids is 2. The van der Waals surface area contributed by atoms with Crippen LogP contribution in [-0.2, 0) is 14.2 Å². The van der Waals surface area contributed by atoms with Gasteiger partial charge in [-0.2, -0.15) is 0 Å². The van der Waals surface area contributed by atoms with E-state index in [1.165, 1.54) is 6.07 Å². The van der Waals surface area contributed by atoms with Crippen molar-refractivity contribution < 1.29 is 32.9 Å². The lowest BCUT2D eigenvalue weighted by molar-refractivity contribution is -0.0313. The second-order valence-corrected chi connectivity index (χ2v) is 12.5. The minimum Gasteiger partial charge on any atom is -0.491 e. The molecule has 0 aliphatic rings. The molecule has 0 saturated heterocycles. The van der Waals surface area contributed by atoms with E-state index in [2.05, 4.69) is 34.2 Å². The molecule has 220 valence electrons. The van der Waals surface area contributed by atoms with E-state index in [0.717, 1.165) is 15.4 Å². The van der Waals surface area contributed by atoms with Gasteiger partial charge in [0.2, 0.25) is 0 Å². The maximum Gasteiger partial charge on any atom is 0.419 e. The second-order valence-electron chi connectivity index (χ2n) is 11.0. The predicted octanol–water partition coefficient (Wildman–Crippen LogP) is 7.19. The summed E-state index contributed by atoms with van der Waals surface area (Å²) in [6, 6.07) is 2.57. The van der Waals surface area contributed by atoms with Crippen LogP contribution in [0.2, 0.25) is 5.02 Å². The first-order valence-corrected chi connectivity index (χ1v) is 14.3. The third-order valence-electron chi connectivity index (χ3n) is 4.84. The van der Waals surface area contributed by atoms with Crippen molar-refractivity contribution in [2.24, 2.45) is 10.7 Å². The molecule has 0 saturated carbocycles. The zero-order chi connectivity index (χ0) is 30.2. The molecule has 1 aromatic carbocycles. The van der Waals surface area contributed by atoms with Crippen molar-refractivity contribution in [1.82, 2.24) is 4.90 Å². The van der Waals surface area contributed by atoms with Crippen LogP contribution in [0.1, 0.15) is 73.5 Å². The standard InChI is InChI=1S/C27H40ClFIN3O6/c1-17(37-27(9,12-13-30)16-32-18(2)31)21-20(11-10-19(29)22(21)28)36-15-14-33(23(34)38-25(3,4)5)24(35)39-26(6,7)8/h10-11,16-17H,2,12-15,31H2,1,3-9H3. The number of hydrogen-bond donors (Lipinski definition) is 1. The summed E-state index contributed by atoms with van der Waals surface area (Å²) in [5, 5.41) is -0.173. The highest BCUT2D eigenvalue weighted by molar-refractivity contribution is 14.1. The molecule has 1 aromatic rings. The molecule has 39 heavy (non-hydrogen) atoms. The number of hydrogen-bond acceptors (Lipinski definition) is 8. The second kappa shape index (κ2) is 14.5. The maximum absolute atomic E-state index is 14.5. The Morgan fingerprint density at radius 3 is 2.15 bits per heavy atom. The van der Waals surface area contributed by atoms with Gasteiger partial charge in [0.1, 0.15) is 40.8 Å². The summed E-state index contributed by atoms with van der Waals surface area (Å²) in [7, 11) is 0. The number of aliphatic imine (C=N–C) groups is 1. The smallest absolute Gasteiger partial charge is 0.419 e. The van der Waals surface area contributed by atoms with Gasteiger partial charge in [0.25, 0.3) is 0 Å². The van der Waals surface area contributed by atoms with E-state index in [0.29, 0.717) is 6.42 Å². The van der Waals surface area contributed by atoms with Gasteiger partial charge in [-0.15, -0.1) is 0 Å². The van der Waals surface area contributed by atoms with Crippen LogP contribution in [0.3, 0.4) is 0 Å². The minimum absolute atomic E-state index is 0.123. The lowest BCUT2D eigenvalue weighted by Crippen LogP contribution is -2.45. The number of nitrogens with zero attached hydrogens (tertiary/aromatic N) is 2. The third-order valence-corrected chi connectivity index (χ3v) is 5.76. The molecule has 2 atom stereocenters. The van der Waals surface area contributed by atoms with Crippen LogP contribution in [0.4, 0.5) is 14.0 Å². The molecule has 0 fully saturated rings. The van der Waals surface area contributed by atoms with Gasteiger partial charge >= 0.3 is 12.2 Å². The van der Waals surface area contributed by atoms with Crippen molar-refractivity contribution in [1.29, 1.82) is 0 Å². The molecule has 0 heterocycles. The lowest BCUT2D eigenvalue weighted by Gasteiger charge is -2.31. The number of nitrogens with two attached hydrogens (primary N) is 1. The molecule has 0 radical (unpaired) electrons. The van der Waals surface area contributed by atoms with Crippen molar-refractivity contribution in [2.75, 3.05) is 17.6 Å². The first-order valence-electron chi connectivity index (χ1n) is 12.4. The van der Waals surface area contributed by atoms with Crippen molar-refractivity contribution in [3.05, 3.63) is 40.9 Å². The number of rotatable bonds is 11. The van der Waals surface area contributed by atoms with Crippen LogP contribution in [0, 0.1) is 5.82 Å². The fraction of sp³-hybridized carbons (Fsp3) is 0.593. The number of ether oxygens (including phenoxy) is 4. The van der Waals surface area contributed by atoms with Crippen LogP contribution in [0.5, 0.6) is 5.75 Å². The molecule has 9 nitrogen and oxygen atoms in total. The summed E-state index contributed by atoms with van der Waals surface area (Å²) in [5.74, 6) is -0.310.